The summed E-state index contributed by atoms with van der Waals surface area (Å²) in [5.41, 5.74) is -0.817. The highest BCUT2D eigenvalue weighted by molar-refractivity contribution is 5.30. The largest absolute Gasteiger partial charge is 0.396 e. The van der Waals surface area contributed by atoms with Crippen molar-refractivity contribution in [1.82, 2.24) is 9.55 Å². The Labute approximate surface area is 107 Å². The summed E-state index contributed by atoms with van der Waals surface area (Å²) < 4.78 is 28.7. The first kappa shape index (κ1) is 13.9. The lowest BCUT2D eigenvalue weighted by Gasteiger charge is -2.23. The molecule has 3 N–H and O–H groups in total. The minimum Gasteiger partial charge on any atom is -0.396 e. The third-order valence-electron chi connectivity index (χ3n) is 3.47. The number of halogens is 2. The van der Waals surface area contributed by atoms with Crippen molar-refractivity contribution >= 4 is 5.82 Å². The van der Waals surface area contributed by atoms with E-state index in [1.54, 1.807) is 7.05 Å². The van der Waals surface area contributed by atoms with E-state index in [1.165, 1.54) is 12.3 Å². The van der Waals surface area contributed by atoms with Crippen LogP contribution in [0.15, 0.2) is 17.1 Å². The summed E-state index contributed by atoms with van der Waals surface area (Å²) in [7, 11) is 1.56. The van der Waals surface area contributed by atoms with Crippen molar-refractivity contribution < 1.29 is 19.0 Å². The van der Waals surface area contributed by atoms with Crippen LogP contribution in [0.2, 0.25) is 0 Å². The molecule has 0 aliphatic heterocycles. The Morgan fingerprint density at radius 1 is 1.63 bits per heavy atom. The molecule has 1 saturated carbocycles. The minimum atomic E-state index is -3.47. The molecule has 1 aromatic rings. The van der Waals surface area contributed by atoms with E-state index in [0.717, 1.165) is 4.57 Å². The number of aliphatic hydroxyl groups excluding tert-OH is 2. The number of rotatable bonds is 3. The maximum atomic E-state index is 13.9. The fourth-order valence-corrected chi connectivity index (χ4v) is 2.35. The number of hydrogen-bond acceptors (Lipinski definition) is 5. The Balaban J connectivity index is 2.39. The summed E-state index contributed by atoms with van der Waals surface area (Å²) in [6.45, 7) is -0.552. The Morgan fingerprint density at radius 2 is 2.32 bits per heavy atom. The number of hydrogen-bond donors (Lipinski definition) is 3. The molecule has 0 amide bonds. The van der Waals surface area contributed by atoms with Gasteiger partial charge in [-0.25, -0.2) is 13.6 Å². The first-order valence-electron chi connectivity index (χ1n) is 5.85. The van der Waals surface area contributed by atoms with Crippen molar-refractivity contribution in [3.05, 3.63) is 22.7 Å². The van der Waals surface area contributed by atoms with Crippen LogP contribution in [0.5, 0.6) is 0 Å². The predicted octanol–water partition coefficient (Wildman–Crippen LogP) is -0.166. The van der Waals surface area contributed by atoms with Crippen LogP contribution in [-0.2, 0) is 0 Å². The molecule has 1 aliphatic rings. The van der Waals surface area contributed by atoms with Gasteiger partial charge in [-0.1, -0.05) is 0 Å². The molecule has 2 rings (SSSR count). The van der Waals surface area contributed by atoms with E-state index in [1.807, 2.05) is 0 Å². The number of aromatic nitrogens is 2. The standard InChI is InChI=1S/C11H15F2N3O3/c1-14-8-2-3-16(10(19)15-8)7-4-6(5-17)9(18)11(7,12)13/h2-3,6-7,9,17-18H,4-5H2,1H3,(H,14,15,19)/t6-,7?,9-/m1/s1. The maximum absolute atomic E-state index is 13.9. The quantitative estimate of drug-likeness (QED) is 0.713. The van der Waals surface area contributed by atoms with Gasteiger partial charge in [-0.3, -0.25) is 4.57 Å². The SMILES string of the molecule is CNc1ccn(C2C[C@H](CO)[C@@H](O)C2(F)F)c(=O)n1. The topological polar surface area (TPSA) is 87.4 Å². The molecule has 0 bridgehead atoms. The third kappa shape index (κ3) is 2.21. The molecule has 0 saturated heterocycles. The second-order valence-electron chi connectivity index (χ2n) is 4.57. The molecule has 0 radical (unpaired) electrons. The second-order valence-corrected chi connectivity index (χ2v) is 4.57. The molecule has 1 fully saturated rings. The van der Waals surface area contributed by atoms with E-state index >= 15 is 0 Å². The highest BCUT2D eigenvalue weighted by Gasteiger charge is 2.57. The van der Waals surface area contributed by atoms with Gasteiger partial charge < -0.3 is 15.5 Å². The zero-order valence-electron chi connectivity index (χ0n) is 10.3. The van der Waals surface area contributed by atoms with Gasteiger partial charge in [-0.05, 0) is 12.5 Å². The first-order chi connectivity index (χ1) is 8.91. The molecule has 106 valence electrons. The molecule has 0 spiro atoms. The number of nitrogens with one attached hydrogen (secondary N) is 1. The van der Waals surface area contributed by atoms with Crippen molar-refractivity contribution in [2.24, 2.45) is 5.92 Å². The van der Waals surface area contributed by atoms with Crippen LogP contribution in [0.1, 0.15) is 12.5 Å². The van der Waals surface area contributed by atoms with Crippen LogP contribution in [0.4, 0.5) is 14.6 Å². The average molecular weight is 275 g/mol. The van der Waals surface area contributed by atoms with Crippen molar-refractivity contribution in [1.29, 1.82) is 0 Å². The Morgan fingerprint density at radius 3 is 2.79 bits per heavy atom. The van der Waals surface area contributed by atoms with E-state index in [4.69, 9.17) is 5.11 Å². The zero-order valence-corrected chi connectivity index (χ0v) is 10.3. The zero-order chi connectivity index (χ0) is 14.2. The Hall–Kier alpha value is -1.54. The van der Waals surface area contributed by atoms with Crippen LogP contribution in [-0.4, -0.2) is 45.4 Å². The molecule has 1 aliphatic carbocycles. The minimum absolute atomic E-state index is 0.175. The molecule has 19 heavy (non-hydrogen) atoms. The molecule has 8 heteroatoms. The number of anilines is 1. The van der Waals surface area contributed by atoms with Crippen LogP contribution < -0.4 is 11.0 Å². The first-order valence-corrected chi connectivity index (χ1v) is 5.85. The van der Waals surface area contributed by atoms with Crippen LogP contribution in [0.3, 0.4) is 0 Å². The monoisotopic (exact) mass is 275 g/mol. The lowest BCUT2D eigenvalue weighted by Crippen LogP contribution is -2.40. The summed E-state index contributed by atoms with van der Waals surface area (Å²) in [6, 6.07) is -0.0959. The lowest BCUT2D eigenvalue weighted by atomic mass is 10.1. The smallest absolute Gasteiger partial charge is 0.349 e. The Bertz CT molecular complexity index is 520. The van der Waals surface area contributed by atoms with E-state index in [9.17, 15) is 18.7 Å². The molecule has 0 aromatic carbocycles. The van der Waals surface area contributed by atoms with Crippen LogP contribution >= 0.6 is 0 Å². The summed E-state index contributed by atoms with van der Waals surface area (Å²) >= 11 is 0. The Kier molecular flexibility index (Phi) is 3.55. The van der Waals surface area contributed by atoms with Crippen LogP contribution in [0.25, 0.3) is 0 Å². The van der Waals surface area contributed by atoms with Gasteiger partial charge >= 0.3 is 5.69 Å². The molecule has 3 atom stereocenters. The summed E-state index contributed by atoms with van der Waals surface area (Å²) in [4.78, 5) is 15.3. The van der Waals surface area contributed by atoms with Gasteiger partial charge in [0.15, 0.2) is 0 Å². The van der Waals surface area contributed by atoms with Crippen LogP contribution in [0, 0.1) is 5.92 Å². The number of nitrogens with zero attached hydrogens (tertiary/aromatic N) is 2. The third-order valence-corrected chi connectivity index (χ3v) is 3.47. The lowest BCUT2D eigenvalue weighted by molar-refractivity contribution is -0.123. The van der Waals surface area contributed by atoms with Crippen molar-refractivity contribution in [2.45, 2.75) is 24.5 Å². The molecule has 6 nitrogen and oxygen atoms in total. The highest BCUT2D eigenvalue weighted by Crippen LogP contribution is 2.46. The van der Waals surface area contributed by atoms with E-state index in [-0.39, 0.29) is 12.2 Å². The van der Waals surface area contributed by atoms with E-state index < -0.39 is 36.3 Å². The summed E-state index contributed by atoms with van der Waals surface area (Å²) in [6.07, 6.45) is -0.921. The molecule has 1 unspecified atom stereocenters. The molecular formula is C11H15F2N3O3. The van der Waals surface area contributed by atoms with E-state index in [2.05, 4.69) is 10.3 Å². The van der Waals surface area contributed by atoms with Gasteiger partial charge in [-0.15, -0.1) is 0 Å². The van der Waals surface area contributed by atoms with Gasteiger partial charge in [0.2, 0.25) is 0 Å². The van der Waals surface area contributed by atoms with Gasteiger partial charge in [0.1, 0.15) is 18.0 Å². The summed E-state index contributed by atoms with van der Waals surface area (Å²) in [5.74, 6) is -4.14. The fraction of sp³-hybridized carbons (Fsp3) is 0.636. The van der Waals surface area contributed by atoms with Crippen molar-refractivity contribution in [3.63, 3.8) is 0 Å². The van der Waals surface area contributed by atoms with Crippen molar-refractivity contribution in [2.75, 3.05) is 19.0 Å². The number of aliphatic hydroxyl groups is 2. The fourth-order valence-electron chi connectivity index (χ4n) is 2.35. The molecule has 1 heterocycles. The average Bonchev–Trinajstić information content (AvgIpc) is 2.61. The van der Waals surface area contributed by atoms with Gasteiger partial charge in [0.25, 0.3) is 5.92 Å². The van der Waals surface area contributed by atoms with E-state index in [0.29, 0.717) is 0 Å². The predicted molar refractivity (Wildman–Crippen MR) is 63.2 cm³/mol. The normalized spacial score (nSPS) is 29.4. The maximum Gasteiger partial charge on any atom is 0.349 e. The molecule has 1 aromatic heterocycles. The number of alkyl halides is 2. The van der Waals surface area contributed by atoms with Crippen molar-refractivity contribution in [3.8, 4) is 0 Å². The van der Waals surface area contributed by atoms with Gasteiger partial charge in [0, 0.05) is 25.8 Å². The van der Waals surface area contributed by atoms with Gasteiger partial charge in [-0.2, -0.15) is 4.98 Å². The highest BCUT2D eigenvalue weighted by atomic mass is 19.3. The summed E-state index contributed by atoms with van der Waals surface area (Å²) in [5, 5.41) is 21.1. The van der Waals surface area contributed by atoms with Gasteiger partial charge in [0.05, 0.1) is 0 Å². The molecular weight excluding hydrogens is 260 g/mol. The second kappa shape index (κ2) is 4.86.